The summed E-state index contributed by atoms with van der Waals surface area (Å²) in [6.45, 7) is 1.79. The summed E-state index contributed by atoms with van der Waals surface area (Å²) in [5.74, 6) is -0.443. The van der Waals surface area contributed by atoms with Gasteiger partial charge in [-0.05, 0) is 13.0 Å². The van der Waals surface area contributed by atoms with E-state index in [2.05, 4.69) is 0 Å². The number of ether oxygens (including phenoxy) is 2. The molecular formula is C10H12O4. The van der Waals surface area contributed by atoms with Gasteiger partial charge in [-0.3, -0.25) is 0 Å². The molecule has 14 heavy (non-hydrogen) atoms. The average molecular weight is 196 g/mol. The van der Waals surface area contributed by atoms with E-state index in [1.165, 1.54) is 12.2 Å². The van der Waals surface area contributed by atoms with Crippen molar-refractivity contribution in [2.24, 2.45) is 0 Å². The van der Waals surface area contributed by atoms with Crippen LogP contribution in [0, 0.1) is 0 Å². The standard InChI is InChI=1S/C10H12O4/c1-6-10-8(14-10)4-2-7(11)3-5-9(12)13-6/h2-8,10-11H,1H3/b4-2+,5-3?/t6-,7-,8-,10+/m0/s1. The summed E-state index contributed by atoms with van der Waals surface area (Å²) >= 11 is 0. The van der Waals surface area contributed by atoms with Crippen molar-refractivity contribution in [3.63, 3.8) is 0 Å². The molecule has 0 aromatic carbocycles. The van der Waals surface area contributed by atoms with Crippen molar-refractivity contribution >= 4 is 5.97 Å². The summed E-state index contributed by atoms with van der Waals surface area (Å²) < 4.78 is 10.3. The highest BCUT2D eigenvalue weighted by Crippen LogP contribution is 2.28. The van der Waals surface area contributed by atoms with Gasteiger partial charge in [-0.25, -0.2) is 4.79 Å². The largest absolute Gasteiger partial charge is 0.457 e. The third-order valence-electron chi connectivity index (χ3n) is 2.25. The molecule has 0 unspecified atom stereocenters. The molecule has 0 spiro atoms. The second kappa shape index (κ2) is 3.55. The zero-order chi connectivity index (χ0) is 10.1. The number of aliphatic hydroxyl groups is 1. The van der Waals surface area contributed by atoms with E-state index in [1.54, 1.807) is 19.1 Å². The van der Waals surface area contributed by atoms with Gasteiger partial charge in [-0.2, -0.15) is 0 Å². The second-order valence-corrected chi connectivity index (χ2v) is 3.44. The number of carbonyl (C=O) groups is 1. The van der Waals surface area contributed by atoms with Crippen molar-refractivity contribution < 1.29 is 19.4 Å². The van der Waals surface area contributed by atoms with Crippen molar-refractivity contribution in [2.75, 3.05) is 0 Å². The Morgan fingerprint density at radius 1 is 1.36 bits per heavy atom. The van der Waals surface area contributed by atoms with Crippen LogP contribution in [0.2, 0.25) is 0 Å². The van der Waals surface area contributed by atoms with Crippen molar-refractivity contribution in [1.29, 1.82) is 0 Å². The van der Waals surface area contributed by atoms with Gasteiger partial charge in [0.15, 0.2) is 0 Å². The minimum Gasteiger partial charge on any atom is -0.457 e. The molecule has 0 amide bonds. The molecule has 0 saturated carbocycles. The molecule has 0 aliphatic carbocycles. The van der Waals surface area contributed by atoms with E-state index in [0.29, 0.717) is 0 Å². The van der Waals surface area contributed by atoms with Crippen LogP contribution in [0.4, 0.5) is 0 Å². The number of epoxide rings is 1. The van der Waals surface area contributed by atoms with Crippen molar-refractivity contribution in [3.8, 4) is 0 Å². The third kappa shape index (κ3) is 2.02. The molecule has 2 aliphatic heterocycles. The fourth-order valence-corrected chi connectivity index (χ4v) is 1.42. The first-order valence-electron chi connectivity index (χ1n) is 4.57. The number of esters is 1. The van der Waals surface area contributed by atoms with Crippen LogP contribution in [0.5, 0.6) is 0 Å². The Hall–Kier alpha value is -1.13. The second-order valence-electron chi connectivity index (χ2n) is 3.44. The summed E-state index contributed by atoms with van der Waals surface area (Å²) in [5.41, 5.74) is 0. The van der Waals surface area contributed by atoms with Gasteiger partial charge in [0.25, 0.3) is 0 Å². The highest BCUT2D eigenvalue weighted by molar-refractivity contribution is 5.82. The number of cyclic esters (lactones) is 1. The lowest BCUT2D eigenvalue weighted by atomic mass is 10.2. The molecule has 0 radical (unpaired) electrons. The lowest BCUT2D eigenvalue weighted by Gasteiger charge is -2.09. The molecule has 1 N–H and O–H groups in total. The summed E-state index contributed by atoms with van der Waals surface area (Å²) in [7, 11) is 0. The highest BCUT2D eigenvalue weighted by Gasteiger charge is 2.43. The van der Waals surface area contributed by atoms with E-state index < -0.39 is 12.1 Å². The van der Waals surface area contributed by atoms with E-state index in [0.717, 1.165) is 0 Å². The molecule has 76 valence electrons. The van der Waals surface area contributed by atoms with Crippen molar-refractivity contribution in [1.82, 2.24) is 0 Å². The predicted octanol–water partition coefficient (Wildman–Crippen LogP) is 0.172. The topological polar surface area (TPSA) is 59.1 Å². The van der Waals surface area contributed by atoms with Gasteiger partial charge in [0, 0.05) is 6.08 Å². The molecule has 2 heterocycles. The van der Waals surface area contributed by atoms with Gasteiger partial charge in [-0.15, -0.1) is 0 Å². The first kappa shape index (κ1) is 9.43. The lowest BCUT2D eigenvalue weighted by molar-refractivity contribution is -0.143. The van der Waals surface area contributed by atoms with Crippen LogP contribution in [-0.2, 0) is 14.3 Å². The monoisotopic (exact) mass is 196 g/mol. The van der Waals surface area contributed by atoms with Gasteiger partial charge in [-0.1, -0.05) is 12.2 Å². The van der Waals surface area contributed by atoms with E-state index in [1.807, 2.05) is 0 Å². The smallest absolute Gasteiger partial charge is 0.330 e. The number of rotatable bonds is 0. The molecule has 1 saturated heterocycles. The molecule has 1 fully saturated rings. The SMILES string of the molecule is C[C@@H]1OC(=O)C=C[C@@H](O)/C=C/[C@@H]2O[C@H]12. The number of carbonyl (C=O) groups excluding carboxylic acids is 1. The first-order chi connectivity index (χ1) is 6.66. The molecule has 4 nitrogen and oxygen atoms in total. The minimum atomic E-state index is -0.749. The Morgan fingerprint density at radius 2 is 2.14 bits per heavy atom. The van der Waals surface area contributed by atoms with E-state index in [9.17, 15) is 9.90 Å². The Labute approximate surface area is 81.8 Å². The van der Waals surface area contributed by atoms with Crippen molar-refractivity contribution in [2.45, 2.75) is 31.3 Å². The van der Waals surface area contributed by atoms with E-state index >= 15 is 0 Å². The first-order valence-corrected chi connectivity index (χ1v) is 4.57. The number of hydrogen-bond acceptors (Lipinski definition) is 4. The van der Waals surface area contributed by atoms with Gasteiger partial charge in [0.2, 0.25) is 0 Å². The van der Waals surface area contributed by atoms with Crippen LogP contribution in [0.15, 0.2) is 24.3 Å². The van der Waals surface area contributed by atoms with Gasteiger partial charge in [0.05, 0.1) is 6.10 Å². The Balaban J connectivity index is 2.11. The van der Waals surface area contributed by atoms with Crippen LogP contribution >= 0.6 is 0 Å². The Bertz CT molecular complexity index is 294. The van der Waals surface area contributed by atoms with E-state index in [4.69, 9.17) is 9.47 Å². The minimum absolute atomic E-state index is 0.0288. The number of aliphatic hydroxyl groups excluding tert-OH is 1. The van der Waals surface area contributed by atoms with Crippen LogP contribution in [0.1, 0.15) is 6.92 Å². The van der Waals surface area contributed by atoms with Crippen LogP contribution in [0.25, 0.3) is 0 Å². The average Bonchev–Trinajstić information content (AvgIpc) is 2.89. The maximum atomic E-state index is 11.1. The van der Waals surface area contributed by atoms with Gasteiger partial charge < -0.3 is 14.6 Å². The maximum Gasteiger partial charge on any atom is 0.330 e. The quantitative estimate of drug-likeness (QED) is 0.341. The maximum absolute atomic E-state index is 11.1. The van der Waals surface area contributed by atoms with Gasteiger partial charge >= 0.3 is 5.97 Å². The predicted molar refractivity (Wildman–Crippen MR) is 48.5 cm³/mol. The number of hydrogen-bond donors (Lipinski definition) is 1. The molecular weight excluding hydrogens is 184 g/mol. The van der Waals surface area contributed by atoms with Crippen LogP contribution in [-0.4, -0.2) is 35.5 Å². The zero-order valence-electron chi connectivity index (χ0n) is 7.79. The lowest BCUT2D eigenvalue weighted by Crippen LogP contribution is -2.21. The molecule has 0 aromatic heterocycles. The Kier molecular flexibility index (Phi) is 2.39. The molecule has 2 aliphatic rings. The van der Waals surface area contributed by atoms with Crippen molar-refractivity contribution in [3.05, 3.63) is 24.3 Å². The molecule has 0 bridgehead atoms. The fraction of sp³-hybridized carbons (Fsp3) is 0.500. The molecule has 0 aromatic rings. The zero-order valence-corrected chi connectivity index (χ0v) is 7.79. The fourth-order valence-electron chi connectivity index (χ4n) is 1.42. The molecule has 4 heteroatoms. The van der Waals surface area contributed by atoms with Crippen LogP contribution in [0.3, 0.4) is 0 Å². The summed E-state index contributed by atoms with van der Waals surface area (Å²) in [5, 5.41) is 9.31. The highest BCUT2D eigenvalue weighted by atomic mass is 16.6. The summed E-state index contributed by atoms with van der Waals surface area (Å²) in [4.78, 5) is 11.1. The third-order valence-corrected chi connectivity index (χ3v) is 2.25. The number of fused-ring (bicyclic) bond motifs is 1. The normalized spacial score (nSPS) is 43.7. The summed E-state index contributed by atoms with van der Waals surface area (Å²) in [6.07, 6.45) is 4.93. The van der Waals surface area contributed by atoms with Crippen LogP contribution < -0.4 is 0 Å². The summed E-state index contributed by atoms with van der Waals surface area (Å²) in [6, 6.07) is 0. The molecule has 4 atom stereocenters. The Morgan fingerprint density at radius 3 is 2.93 bits per heavy atom. The molecule has 2 rings (SSSR count). The van der Waals surface area contributed by atoms with E-state index in [-0.39, 0.29) is 18.3 Å². The van der Waals surface area contributed by atoms with Gasteiger partial charge in [0.1, 0.15) is 18.3 Å².